The summed E-state index contributed by atoms with van der Waals surface area (Å²) >= 11 is 0. The van der Waals surface area contributed by atoms with Crippen LogP contribution in [0, 0.1) is 0 Å². The van der Waals surface area contributed by atoms with Gasteiger partial charge in [0.05, 0.1) is 42.4 Å². The summed E-state index contributed by atoms with van der Waals surface area (Å²) in [7, 11) is -1.28. The molecule has 0 bridgehead atoms. The van der Waals surface area contributed by atoms with Gasteiger partial charge in [0, 0.05) is 11.6 Å². The van der Waals surface area contributed by atoms with Crippen LogP contribution in [-0.4, -0.2) is 51.7 Å². The van der Waals surface area contributed by atoms with Crippen molar-refractivity contribution in [2.45, 2.75) is 11.0 Å². The molecule has 0 amide bonds. The summed E-state index contributed by atoms with van der Waals surface area (Å²) < 4.78 is 45.8. The van der Waals surface area contributed by atoms with E-state index in [4.69, 9.17) is 14.2 Å². The number of hydrogen-bond donors (Lipinski definition) is 0. The monoisotopic (exact) mass is 506 g/mol. The summed E-state index contributed by atoms with van der Waals surface area (Å²) in [5.41, 5.74) is 1.03. The summed E-state index contributed by atoms with van der Waals surface area (Å²) in [6, 6.07) is 19.5. The van der Waals surface area contributed by atoms with E-state index in [9.17, 15) is 18.0 Å². The van der Waals surface area contributed by atoms with Crippen LogP contribution < -0.4 is 13.8 Å². The van der Waals surface area contributed by atoms with Gasteiger partial charge in [-0.25, -0.2) is 13.2 Å². The summed E-state index contributed by atoms with van der Waals surface area (Å²) in [5, 5.41) is 0.539. The van der Waals surface area contributed by atoms with E-state index in [1.165, 1.54) is 41.4 Å². The Bertz CT molecular complexity index is 1580. The van der Waals surface area contributed by atoms with Crippen molar-refractivity contribution in [3.05, 3.63) is 84.6 Å². The van der Waals surface area contributed by atoms with E-state index in [0.29, 0.717) is 22.3 Å². The molecule has 0 aliphatic carbocycles. The maximum absolute atomic E-state index is 13.7. The van der Waals surface area contributed by atoms with Crippen molar-refractivity contribution in [2.75, 3.05) is 25.1 Å². The zero-order chi connectivity index (χ0) is 25.4. The largest absolute Gasteiger partial charge is 0.497 e. The molecule has 0 radical (unpaired) electrons. The SMILES string of the molecule is COC(=O)c1cn(C(=O)[C@H]2CN(S(=O)(=O)c3ccc(OC)cc3)c3ccccc3O2)c2ccccc12. The summed E-state index contributed by atoms with van der Waals surface area (Å²) in [5.74, 6) is -0.337. The highest BCUT2D eigenvalue weighted by atomic mass is 32.2. The van der Waals surface area contributed by atoms with Crippen LogP contribution in [0.1, 0.15) is 15.2 Å². The van der Waals surface area contributed by atoms with E-state index in [1.54, 1.807) is 60.7 Å². The van der Waals surface area contributed by atoms with Crippen LogP contribution in [0.2, 0.25) is 0 Å². The Balaban J connectivity index is 1.57. The number of benzene rings is 3. The van der Waals surface area contributed by atoms with Crippen LogP contribution in [0.15, 0.2) is 83.9 Å². The molecule has 184 valence electrons. The molecule has 10 heteroatoms. The number of anilines is 1. The summed E-state index contributed by atoms with van der Waals surface area (Å²) in [4.78, 5) is 26.0. The quantitative estimate of drug-likeness (QED) is 0.380. The van der Waals surface area contributed by atoms with Gasteiger partial charge in [0.1, 0.15) is 11.5 Å². The third kappa shape index (κ3) is 3.85. The molecular weight excluding hydrogens is 484 g/mol. The van der Waals surface area contributed by atoms with Gasteiger partial charge in [-0.2, -0.15) is 0 Å². The van der Waals surface area contributed by atoms with Gasteiger partial charge in [-0.3, -0.25) is 13.7 Å². The number of sulfonamides is 1. The van der Waals surface area contributed by atoms with E-state index < -0.39 is 28.0 Å². The lowest BCUT2D eigenvalue weighted by atomic mass is 10.2. The van der Waals surface area contributed by atoms with Gasteiger partial charge >= 0.3 is 5.97 Å². The topological polar surface area (TPSA) is 104 Å². The summed E-state index contributed by atoms with van der Waals surface area (Å²) in [6.07, 6.45) is 0.222. The normalized spacial score (nSPS) is 15.2. The van der Waals surface area contributed by atoms with Crippen LogP contribution in [0.3, 0.4) is 0 Å². The molecule has 1 aliphatic rings. The van der Waals surface area contributed by atoms with E-state index in [1.807, 2.05) is 0 Å². The minimum atomic E-state index is -4.04. The lowest BCUT2D eigenvalue weighted by molar-refractivity contribution is 0.0602. The fourth-order valence-electron chi connectivity index (χ4n) is 4.22. The molecule has 1 aliphatic heterocycles. The standard InChI is InChI=1S/C26H22N2O7S/c1-33-17-11-13-18(14-12-17)36(31,32)28-16-24(35-23-10-6-5-9-22(23)28)25(29)27-15-20(26(30)34-2)19-7-3-4-8-21(19)27/h3-15,24H,16H2,1-2H3/t24-/m1/s1. The van der Waals surface area contributed by atoms with Gasteiger partial charge in [-0.1, -0.05) is 30.3 Å². The summed E-state index contributed by atoms with van der Waals surface area (Å²) in [6.45, 7) is -0.260. The van der Waals surface area contributed by atoms with Gasteiger partial charge in [0.25, 0.3) is 15.9 Å². The van der Waals surface area contributed by atoms with Crippen molar-refractivity contribution in [3.8, 4) is 11.5 Å². The number of carbonyl (C=O) groups excluding carboxylic acids is 2. The number of carbonyl (C=O) groups is 2. The molecule has 1 atom stereocenters. The Morgan fingerprint density at radius 1 is 0.944 bits per heavy atom. The molecule has 4 aromatic rings. The lowest BCUT2D eigenvalue weighted by Crippen LogP contribution is -2.48. The minimum Gasteiger partial charge on any atom is -0.497 e. The zero-order valence-electron chi connectivity index (χ0n) is 19.5. The average Bonchev–Trinajstić information content (AvgIpc) is 3.31. The lowest BCUT2D eigenvalue weighted by Gasteiger charge is -2.34. The van der Waals surface area contributed by atoms with Crippen molar-refractivity contribution < 1.29 is 32.2 Å². The first-order valence-electron chi connectivity index (χ1n) is 11.0. The third-order valence-electron chi connectivity index (χ3n) is 6.01. The predicted molar refractivity (Wildman–Crippen MR) is 132 cm³/mol. The molecule has 3 aromatic carbocycles. The number of fused-ring (bicyclic) bond motifs is 2. The molecule has 2 heterocycles. The second-order valence-electron chi connectivity index (χ2n) is 8.05. The number of hydrogen-bond acceptors (Lipinski definition) is 7. The first kappa shape index (κ1) is 23.4. The van der Waals surface area contributed by atoms with Crippen LogP contribution in [0.5, 0.6) is 11.5 Å². The van der Waals surface area contributed by atoms with Crippen LogP contribution in [-0.2, 0) is 14.8 Å². The fraction of sp³-hybridized carbons (Fsp3) is 0.154. The minimum absolute atomic E-state index is 0.0468. The fourth-order valence-corrected chi connectivity index (χ4v) is 5.70. The molecule has 0 saturated heterocycles. The van der Waals surface area contributed by atoms with Crippen molar-refractivity contribution in [3.63, 3.8) is 0 Å². The van der Waals surface area contributed by atoms with Gasteiger partial charge in [-0.05, 0) is 42.5 Å². The molecule has 0 spiro atoms. The van der Waals surface area contributed by atoms with Crippen molar-refractivity contribution in [1.82, 2.24) is 4.57 Å². The van der Waals surface area contributed by atoms with Crippen molar-refractivity contribution >= 4 is 38.5 Å². The van der Waals surface area contributed by atoms with E-state index >= 15 is 0 Å². The molecule has 9 nitrogen and oxygen atoms in total. The van der Waals surface area contributed by atoms with Gasteiger partial charge in [0.2, 0.25) is 0 Å². The Hall–Kier alpha value is -4.31. The molecular formula is C26H22N2O7S. The van der Waals surface area contributed by atoms with E-state index in [0.717, 1.165) is 0 Å². The average molecular weight is 507 g/mol. The predicted octanol–water partition coefficient (Wildman–Crippen LogP) is 3.73. The van der Waals surface area contributed by atoms with Gasteiger partial charge in [-0.15, -0.1) is 0 Å². The third-order valence-corrected chi connectivity index (χ3v) is 7.81. The Kier molecular flexibility index (Phi) is 5.89. The van der Waals surface area contributed by atoms with Crippen LogP contribution >= 0.6 is 0 Å². The molecule has 0 saturated carbocycles. The van der Waals surface area contributed by atoms with E-state index in [2.05, 4.69) is 0 Å². The first-order valence-corrected chi connectivity index (χ1v) is 12.4. The number of esters is 1. The number of para-hydroxylation sites is 3. The Labute approximate surface area is 207 Å². The van der Waals surface area contributed by atoms with Crippen LogP contribution in [0.4, 0.5) is 5.69 Å². The van der Waals surface area contributed by atoms with E-state index in [-0.39, 0.29) is 22.8 Å². The van der Waals surface area contributed by atoms with Gasteiger partial charge < -0.3 is 14.2 Å². The number of nitrogens with zero attached hydrogens (tertiary/aromatic N) is 2. The molecule has 0 unspecified atom stereocenters. The highest BCUT2D eigenvalue weighted by molar-refractivity contribution is 7.92. The number of aromatic nitrogens is 1. The number of ether oxygens (including phenoxy) is 3. The Morgan fingerprint density at radius 2 is 1.64 bits per heavy atom. The molecule has 5 rings (SSSR count). The highest BCUT2D eigenvalue weighted by Gasteiger charge is 2.38. The van der Waals surface area contributed by atoms with Gasteiger partial charge in [0.15, 0.2) is 6.10 Å². The maximum Gasteiger partial charge on any atom is 0.340 e. The molecule has 36 heavy (non-hydrogen) atoms. The second kappa shape index (κ2) is 9.04. The zero-order valence-corrected chi connectivity index (χ0v) is 20.3. The van der Waals surface area contributed by atoms with Crippen molar-refractivity contribution in [1.29, 1.82) is 0 Å². The highest BCUT2D eigenvalue weighted by Crippen LogP contribution is 2.37. The number of methoxy groups -OCH3 is 2. The maximum atomic E-state index is 13.7. The van der Waals surface area contributed by atoms with Crippen LogP contribution in [0.25, 0.3) is 10.9 Å². The molecule has 0 fully saturated rings. The first-order chi connectivity index (χ1) is 17.3. The Morgan fingerprint density at radius 3 is 2.36 bits per heavy atom. The van der Waals surface area contributed by atoms with Crippen molar-refractivity contribution in [2.24, 2.45) is 0 Å². The number of rotatable bonds is 5. The molecule has 1 aromatic heterocycles. The smallest absolute Gasteiger partial charge is 0.340 e. The second-order valence-corrected chi connectivity index (χ2v) is 9.91. The molecule has 0 N–H and O–H groups in total.